The van der Waals surface area contributed by atoms with Crippen LogP contribution in [0.15, 0.2) is 41.6 Å². The molecule has 0 saturated carbocycles. The number of nitrogens with zero attached hydrogens (tertiary/aromatic N) is 2. The number of likely N-dealkylation sites (tertiary alicyclic amines) is 1. The van der Waals surface area contributed by atoms with Crippen molar-refractivity contribution in [1.29, 1.82) is 0 Å². The Morgan fingerprint density at radius 3 is 2.40 bits per heavy atom. The summed E-state index contributed by atoms with van der Waals surface area (Å²) in [4.78, 5) is 41.1. The van der Waals surface area contributed by atoms with Gasteiger partial charge in [0, 0.05) is 24.7 Å². The number of benzene rings is 1. The van der Waals surface area contributed by atoms with Crippen molar-refractivity contribution in [3.8, 4) is 0 Å². The number of rotatable bonds is 7. The lowest BCUT2D eigenvalue weighted by molar-refractivity contribution is -0.139. The van der Waals surface area contributed by atoms with Crippen molar-refractivity contribution >= 4 is 17.9 Å². The maximum Gasteiger partial charge on any atom is 0.338 e. The molecule has 1 unspecified atom stereocenters. The average molecular weight is 415 g/mol. The van der Waals surface area contributed by atoms with Crippen molar-refractivity contribution in [1.82, 2.24) is 15.1 Å². The fourth-order valence-electron chi connectivity index (χ4n) is 4.14. The lowest BCUT2D eigenvalue weighted by Gasteiger charge is -2.39. The second-order valence-electron chi connectivity index (χ2n) is 7.57. The standard InChI is InChI=1S/C22H30N4O4/c1-3-26-17(14-25-12-10-16(11-13-25)20(23)27)18(21(28)30-4-2)19(24-22(26)29)15-8-6-5-7-9-15/h5-9,16,19H,3-4,10-14H2,1-2H3,(H2,23,27)(H,24,29). The van der Waals surface area contributed by atoms with Gasteiger partial charge in [-0.25, -0.2) is 9.59 Å². The topological polar surface area (TPSA) is 105 Å². The number of hydrogen-bond donors (Lipinski definition) is 2. The first-order valence-corrected chi connectivity index (χ1v) is 10.5. The molecule has 0 bridgehead atoms. The fraction of sp³-hybridized carbons (Fsp3) is 0.500. The van der Waals surface area contributed by atoms with Gasteiger partial charge in [-0.1, -0.05) is 30.3 Å². The highest BCUT2D eigenvalue weighted by atomic mass is 16.5. The Bertz CT molecular complexity index is 816. The van der Waals surface area contributed by atoms with Crippen LogP contribution >= 0.6 is 0 Å². The van der Waals surface area contributed by atoms with Crippen LogP contribution in [0.4, 0.5) is 4.79 Å². The van der Waals surface area contributed by atoms with Gasteiger partial charge in [0.05, 0.1) is 18.2 Å². The van der Waals surface area contributed by atoms with E-state index in [-0.39, 0.29) is 24.5 Å². The highest BCUT2D eigenvalue weighted by Crippen LogP contribution is 2.32. The van der Waals surface area contributed by atoms with Crippen molar-refractivity contribution < 1.29 is 19.1 Å². The molecule has 3 amide bonds. The van der Waals surface area contributed by atoms with Crippen LogP contribution < -0.4 is 11.1 Å². The number of primary amides is 1. The van der Waals surface area contributed by atoms with Crippen LogP contribution in [-0.4, -0.2) is 60.5 Å². The highest BCUT2D eigenvalue weighted by molar-refractivity contribution is 5.95. The van der Waals surface area contributed by atoms with E-state index in [4.69, 9.17) is 10.5 Å². The molecule has 0 spiro atoms. The molecular formula is C22H30N4O4. The highest BCUT2D eigenvalue weighted by Gasteiger charge is 2.38. The summed E-state index contributed by atoms with van der Waals surface area (Å²) in [5.74, 6) is -0.807. The summed E-state index contributed by atoms with van der Waals surface area (Å²) >= 11 is 0. The van der Waals surface area contributed by atoms with Gasteiger partial charge in [0.15, 0.2) is 0 Å². The number of amides is 3. The van der Waals surface area contributed by atoms with Gasteiger partial charge in [-0.3, -0.25) is 14.6 Å². The van der Waals surface area contributed by atoms with Crippen LogP contribution in [0.25, 0.3) is 0 Å². The average Bonchev–Trinajstić information content (AvgIpc) is 2.74. The zero-order valence-electron chi connectivity index (χ0n) is 17.6. The molecule has 1 aromatic rings. The van der Waals surface area contributed by atoms with Gasteiger partial charge in [-0.05, 0) is 45.3 Å². The summed E-state index contributed by atoms with van der Waals surface area (Å²) in [7, 11) is 0. The van der Waals surface area contributed by atoms with Gasteiger partial charge in [0.25, 0.3) is 0 Å². The first-order valence-electron chi connectivity index (χ1n) is 10.5. The molecular weight excluding hydrogens is 384 g/mol. The first-order chi connectivity index (χ1) is 14.5. The lowest BCUT2D eigenvalue weighted by atomic mass is 9.93. The van der Waals surface area contributed by atoms with Crippen molar-refractivity contribution in [2.24, 2.45) is 11.7 Å². The summed E-state index contributed by atoms with van der Waals surface area (Å²) < 4.78 is 5.37. The molecule has 1 aromatic carbocycles. The number of nitrogens with one attached hydrogen (secondary N) is 1. The number of nitrogens with two attached hydrogens (primary N) is 1. The van der Waals surface area contributed by atoms with Gasteiger partial charge < -0.3 is 15.8 Å². The number of hydrogen-bond acceptors (Lipinski definition) is 5. The third-order valence-electron chi connectivity index (χ3n) is 5.75. The quantitative estimate of drug-likeness (QED) is 0.662. The molecule has 2 aliphatic heterocycles. The maximum absolute atomic E-state index is 13.0. The SMILES string of the molecule is CCOC(=O)C1=C(CN2CCC(C(N)=O)CC2)N(CC)C(=O)NC1c1ccccc1. The van der Waals surface area contributed by atoms with E-state index in [9.17, 15) is 14.4 Å². The molecule has 1 fully saturated rings. The van der Waals surface area contributed by atoms with E-state index in [0.717, 1.165) is 5.56 Å². The number of likely N-dealkylation sites (N-methyl/N-ethyl adjacent to an activating group) is 1. The Labute approximate surface area is 177 Å². The van der Waals surface area contributed by atoms with Crippen molar-refractivity contribution in [2.45, 2.75) is 32.7 Å². The predicted molar refractivity (Wildman–Crippen MR) is 112 cm³/mol. The summed E-state index contributed by atoms with van der Waals surface area (Å²) in [6.45, 7) is 6.13. The van der Waals surface area contributed by atoms with Gasteiger partial charge in [-0.15, -0.1) is 0 Å². The molecule has 8 nitrogen and oxygen atoms in total. The molecule has 1 atom stereocenters. The Kier molecular flexibility index (Phi) is 7.10. The summed E-state index contributed by atoms with van der Waals surface area (Å²) in [6.07, 6.45) is 1.36. The number of piperidine rings is 1. The Hall–Kier alpha value is -2.87. The first kappa shape index (κ1) is 21.8. The van der Waals surface area contributed by atoms with Gasteiger partial charge >= 0.3 is 12.0 Å². The smallest absolute Gasteiger partial charge is 0.338 e. The molecule has 8 heteroatoms. The number of urea groups is 1. The fourth-order valence-corrected chi connectivity index (χ4v) is 4.14. The van der Waals surface area contributed by atoms with Gasteiger partial charge in [0.2, 0.25) is 5.91 Å². The van der Waals surface area contributed by atoms with E-state index in [0.29, 0.717) is 50.3 Å². The van der Waals surface area contributed by atoms with E-state index < -0.39 is 12.0 Å². The van der Waals surface area contributed by atoms with Crippen LogP contribution in [0, 0.1) is 5.92 Å². The molecule has 3 N–H and O–H groups in total. The van der Waals surface area contributed by atoms with Gasteiger partial charge in [0.1, 0.15) is 0 Å². The van der Waals surface area contributed by atoms with E-state index in [2.05, 4.69) is 10.2 Å². The maximum atomic E-state index is 13.0. The third kappa shape index (κ3) is 4.64. The zero-order chi connectivity index (χ0) is 21.7. The summed E-state index contributed by atoms with van der Waals surface area (Å²) in [5.41, 5.74) is 7.39. The number of carbonyl (C=O) groups is 3. The molecule has 3 rings (SSSR count). The van der Waals surface area contributed by atoms with Crippen molar-refractivity contribution in [3.05, 3.63) is 47.2 Å². The third-order valence-corrected chi connectivity index (χ3v) is 5.75. The van der Waals surface area contributed by atoms with Crippen LogP contribution in [0.3, 0.4) is 0 Å². The molecule has 0 aliphatic carbocycles. The Morgan fingerprint density at radius 1 is 1.17 bits per heavy atom. The normalized spacial score (nSPS) is 20.8. The minimum atomic E-state index is -0.571. The number of carbonyl (C=O) groups excluding carboxylic acids is 3. The molecule has 2 heterocycles. The zero-order valence-corrected chi connectivity index (χ0v) is 17.6. The van der Waals surface area contributed by atoms with Gasteiger partial charge in [-0.2, -0.15) is 0 Å². The van der Waals surface area contributed by atoms with Crippen molar-refractivity contribution in [2.75, 3.05) is 32.8 Å². The largest absolute Gasteiger partial charge is 0.463 e. The minimum Gasteiger partial charge on any atom is -0.463 e. The van der Waals surface area contributed by atoms with E-state index in [1.165, 1.54) is 0 Å². The lowest BCUT2D eigenvalue weighted by Crippen LogP contribution is -2.51. The second kappa shape index (κ2) is 9.75. The number of esters is 1. The van der Waals surface area contributed by atoms with Crippen molar-refractivity contribution in [3.63, 3.8) is 0 Å². The summed E-state index contributed by atoms with van der Waals surface area (Å²) in [5, 5.41) is 2.96. The molecule has 0 aromatic heterocycles. The predicted octanol–water partition coefficient (Wildman–Crippen LogP) is 1.79. The van der Waals surface area contributed by atoms with E-state index >= 15 is 0 Å². The minimum absolute atomic E-state index is 0.117. The monoisotopic (exact) mass is 414 g/mol. The Morgan fingerprint density at radius 2 is 1.83 bits per heavy atom. The van der Waals surface area contributed by atoms with Crippen LogP contribution in [0.2, 0.25) is 0 Å². The molecule has 30 heavy (non-hydrogen) atoms. The Balaban J connectivity index is 1.97. The molecule has 2 aliphatic rings. The molecule has 162 valence electrons. The van der Waals surface area contributed by atoms with E-state index in [1.807, 2.05) is 37.3 Å². The van der Waals surface area contributed by atoms with E-state index in [1.54, 1.807) is 11.8 Å². The molecule has 0 radical (unpaired) electrons. The molecule has 1 saturated heterocycles. The summed E-state index contributed by atoms with van der Waals surface area (Å²) in [6, 6.07) is 8.63. The van der Waals surface area contributed by atoms with Crippen LogP contribution in [0.5, 0.6) is 0 Å². The number of ether oxygens (including phenoxy) is 1. The van der Waals surface area contributed by atoms with Crippen LogP contribution in [0.1, 0.15) is 38.3 Å². The second-order valence-corrected chi connectivity index (χ2v) is 7.57. The van der Waals surface area contributed by atoms with Crippen LogP contribution in [-0.2, 0) is 14.3 Å².